The Bertz CT molecular complexity index is 1240. The number of nitrogens with zero attached hydrogens (tertiary/aromatic N) is 4. The van der Waals surface area contributed by atoms with Crippen molar-refractivity contribution in [3.05, 3.63) is 125 Å². The smallest absolute Gasteiger partial charge is 0.201 e. The minimum absolute atomic E-state index is 0.465. The molecule has 0 radical (unpaired) electrons. The van der Waals surface area contributed by atoms with Crippen LogP contribution in [0.15, 0.2) is 134 Å². The fourth-order valence-electron chi connectivity index (χ4n) is 2.80. The van der Waals surface area contributed by atoms with Gasteiger partial charge in [-0.2, -0.15) is 10.2 Å². The first-order valence-electron chi connectivity index (χ1n) is 10.3. The van der Waals surface area contributed by atoms with E-state index in [-0.39, 0.29) is 0 Å². The number of benzene rings is 4. The number of halogens is 1. The molecule has 4 rings (SSSR count). The zero-order valence-corrected chi connectivity index (χ0v) is 19.2. The van der Waals surface area contributed by atoms with Crippen molar-refractivity contribution in [2.75, 3.05) is 10.9 Å². The van der Waals surface area contributed by atoms with Gasteiger partial charge in [-0.25, -0.2) is 0 Å². The molecule has 2 N–H and O–H groups in total. The van der Waals surface area contributed by atoms with E-state index >= 15 is 0 Å². The molecule has 4 aromatic rings. The highest BCUT2D eigenvalue weighted by molar-refractivity contribution is 9.10. The molecule has 0 saturated carbocycles. The minimum atomic E-state index is 0.465. The van der Waals surface area contributed by atoms with E-state index in [1.807, 2.05) is 109 Å². The number of azo groups is 1. The number of para-hydroxylation sites is 2. The van der Waals surface area contributed by atoms with Crippen molar-refractivity contribution in [1.29, 1.82) is 0 Å². The maximum absolute atomic E-state index is 4.48. The third-order valence-corrected chi connectivity index (χ3v) is 5.03. The number of rotatable bonds is 7. The number of hydrazone groups is 2. The second-order valence-electron chi connectivity index (χ2n) is 6.95. The van der Waals surface area contributed by atoms with Gasteiger partial charge in [0, 0.05) is 10.0 Å². The molecule has 0 fully saturated rings. The molecule has 4 aromatic carbocycles. The van der Waals surface area contributed by atoms with Gasteiger partial charge >= 0.3 is 0 Å². The Kier molecular flexibility index (Phi) is 7.70. The highest BCUT2D eigenvalue weighted by atomic mass is 79.9. The van der Waals surface area contributed by atoms with Gasteiger partial charge in [0.1, 0.15) is 0 Å². The summed E-state index contributed by atoms with van der Waals surface area (Å²) in [5.41, 5.74) is 10.4. The van der Waals surface area contributed by atoms with Crippen LogP contribution in [0.1, 0.15) is 11.1 Å². The largest absolute Gasteiger partial charge is 0.279 e. The molecule has 33 heavy (non-hydrogen) atoms. The second kappa shape index (κ2) is 11.5. The Balaban J connectivity index is 1.52. The lowest BCUT2D eigenvalue weighted by Crippen LogP contribution is -2.01. The van der Waals surface area contributed by atoms with Crippen LogP contribution in [-0.2, 0) is 0 Å². The van der Waals surface area contributed by atoms with Crippen LogP contribution in [0.3, 0.4) is 0 Å². The Labute approximate surface area is 200 Å². The maximum atomic E-state index is 4.48. The average molecular weight is 497 g/mol. The van der Waals surface area contributed by atoms with E-state index in [9.17, 15) is 0 Å². The molecule has 0 heterocycles. The Morgan fingerprint density at radius 1 is 0.667 bits per heavy atom. The summed E-state index contributed by atoms with van der Waals surface area (Å²) in [6.07, 6.45) is 1.76. The predicted molar refractivity (Wildman–Crippen MR) is 139 cm³/mol. The summed E-state index contributed by atoms with van der Waals surface area (Å²) in [5.74, 6) is 0.465. The summed E-state index contributed by atoms with van der Waals surface area (Å²) < 4.78 is 0.986. The van der Waals surface area contributed by atoms with Crippen LogP contribution in [0, 0.1) is 0 Å². The molecule has 0 atom stereocenters. The van der Waals surface area contributed by atoms with Crippen LogP contribution in [0.4, 0.5) is 17.1 Å². The average Bonchev–Trinajstić information content (AvgIpc) is 2.87. The van der Waals surface area contributed by atoms with Crippen LogP contribution >= 0.6 is 15.9 Å². The SMILES string of the molecule is Brc1ccc(N=N/C(=N/Nc2ccccc2)c2ccc(/C=N\Nc3ccccc3)cc2)cc1. The van der Waals surface area contributed by atoms with Crippen molar-refractivity contribution in [3.63, 3.8) is 0 Å². The van der Waals surface area contributed by atoms with Crippen molar-refractivity contribution < 1.29 is 0 Å². The van der Waals surface area contributed by atoms with Gasteiger partial charge in [-0.3, -0.25) is 10.9 Å². The summed E-state index contributed by atoms with van der Waals surface area (Å²) in [7, 11) is 0. The maximum Gasteiger partial charge on any atom is 0.201 e. The van der Waals surface area contributed by atoms with Gasteiger partial charge in [0.2, 0.25) is 5.84 Å². The van der Waals surface area contributed by atoms with Crippen LogP contribution in [0.2, 0.25) is 0 Å². The minimum Gasteiger partial charge on any atom is -0.279 e. The standard InChI is InChI=1S/C26H21BrN6/c27-22-15-17-25(18-16-22)31-33-26(32-30-24-9-5-2-6-10-24)21-13-11-20(12-14-21)19-28-29-23-7-3-1-4-8-23/h1-19,29-30H/b28-19-,32-26+,33-31?. The third-order valence-electron chi connectivity index (χ3n) is 4.50. The van der Waals surface area contributed by atoms with Crippen molar-refractivity contribution >= 4 is 45.0 Å². The lowest BCUT2D eigenvalue weighted by molar-refractivity contribution is 1.22. The van der Waals surface area contributed by atoms with Crippen molar-refractivity contribution in [1.82, 2.24) is 0 Å². The van der Waals surface area contributed by atoms with Crippen molar-refractivity contribution in [2.45, 2.75) is 0 Å². The lowest BCUT2D eigenvalue weighted by Gasteiger charge is -2.04. The van der Waals surface area contributed by atoms with Gasteiger partial charge < -0.3 is 0 Å². The molecule has 7 heteroatoms. The number of hydrogen-bond donors (Lipinski definition) is 2. The van der Waals surface area contributed by atoms with Crippen LogP contribution in [0.25, 0.3) is 0 Å². The molecule has 0 amide bonds. The third kappa shape index (κ3) is 6.95. The molecule has 0 aliphatic heterocycles. The van der Waals surface area contributed by atoms with E-state index < -0.39 is 0 Å². The predicted octanol–water partition coefficient (Wildman–Crippen LogP) is 7.45. The molecular formula is C26H21BrN6. The fourth-order valence-corrected chi connectivity index (χ4v) is 3.06. The monoisotopic (exact) mass is 496 g/mol. The van der Waals surface area contributed by atoms with E-state index in [1.165, 1.54) is 0 Å². The summed E-state index contributed by atoms with van der Waals surface area (Å²) >= 11 is 3.43. The fraction of sp³-hybridized carbons (Fsp3) is 0. The van der Waals surface area contributed by atoms with Crippen molar-refractivity contribution in [3.8, 4) is 0 Å². The number of nitrogens with one attached hydrogen (secondary N) is 2. The van der Waals surface area contributed by atoms with Gasteiger partial charge in [0.05, 0.1) is 23.3 Å². The van der Waals surface area contributed by atoms with Crippen LogP contribution < -0.4 is 10.9 Å². The zero-order valence-electron chi connectivity index (χ0n) is 17.6. The first-order valence-corrected chi connectivity index (χ1v) is 11.1. The first kappa shape index (κ1) is 22.1. The van der Waals surface area contributed by atoms with E-state index in [2.05, 4.69) is 47.2 Å². The molecule has 0 aliphatic rings. The zero-order chi connectivity index (χ0) is 22.7. The number of hydrogen-bond acceptors (Lipinski definition) is 5. The van der Waals surface area contributed by atoms with Gasteiger partial charge in [-0.15, -0.1) is 10.2 Å². The molecule has 0 bridgehead atoms. The van der Waals surface area contributed by atoms with Gasteiger partial charge in [0.25, 0.3) is 0 Å². The van der Waals surface area contributed by atoms with Crippen molar-refractivity contribution in [2.24, 2.45) is 20.4 Å². The first-order chi connectivity index (χ1) is 16.3. The van der Waals surface area contributed by atoms with Crippen LogP contribution in [-0.4, -0.2) is 12.1 Å². The summed E-state index contributed by atoms with van der Waals surface area (Å²) in [4.78, 5) is 0. The molecule has 0 aromatic heterocycles. The normalized spacial score (nSPS) is 11.7. The number of amidine groups is 1. The summed E-state index contributed by atoms with van der Waals surface area (Å²) in [6, 6.07) is 34.9. The molecule has 0 aliphatic carbocycles. The number of anilines is 2. The van der Waals surface area contributed by atoms with Gasteiger partial charge in [0.15, 0.2) is 0 Å². The Hall–Kier alpha value is -4.10. The molecule has 0 spiro atoms. The molecule has 162 valence electrons. The van der Waals surface area contributed by atoms with E-state index in [0.29, 0.717) is 5.84 Å². The van der Waals surface area contributed by atoms with Gasteiger partial charge in [-0.1, -0.05) is 76.6 Å². The molecule has 6 nitrogen and oxygen atoms in total. The quantitative estimate of drug-likeness (QED) is 0.120. The van der Waals surface area contributed by atoms with E-state index in [0.717, 1.165) is 32.7 Å². The molecule has 0 unspecified atom stereocenters. The van der Waals surface area contributed by atoms with E-state index in [1.54, 1.807) is 6.21 Å². The summed E-state index contributed by atoms with van der Waals surface area (Å²) in [5, 5.41) is 17.5. The lowest BCUT2D eigenvalue weighted by atomic mass is 10.1. The highest BCUT2D eigenvalue weighted by Crippen LogP contribution is 2.18. The summed E-state index contributed by atoms with van der Waals surface area (Å²) in [6.45, 7) is 0. The molecule has 0 saturated heterocycles. The Morgan fingerprint density at radius 2 is 1.27 bits per heavy atom. The Morgan fingerprint density at radius 3 is 1.91 bits per heavy atom. The highest BCUT2D eigenvalue weighted by Gasteiger charge is 2.04. The van der Waals surface area contributed by atoms with Crippen LogP contribution in [0.5, 0.6) is 0 Å². The second-order valence-corrected chi connectivity index (χ2v) is 7.86. The van der Waals surface area contributed by atoms with Gasteiger partial charge in [-0.05, 0) is 54.1 Å². The topological polar surface area (TPSA) is 73.5 Å². The van der Waals surface area contributed by atoms with E-state index in [4.69, 9.17) is 0 Å². The molecular weight excluding hydrogens is 476 g/mol.